The molecule has 70 valence electrons. The van der Waals surface area contributed by atoms with E-state index in [9.17, 15) is 0 Å². The summed E-state index contributed by atoms with van der Waals surface area (Å²) in [6.45, 7) is 4.72. The zero-order chi connectivity index (χ0) is 9.47. The summed E-state index contributed by atoms with van der Waals surface area (Å²) in [4.78, 5) is 0. The van der Waals surface area contributed by atoms with Gasteiger partial charge in [0.1, 0.15) is 0 Å². The molecule has 1 nitrogen and oxygen atoms in total. The van der Waals surface area contributed by atoms with Crippen molar-refractivity contribution in [1.29, 1.82) is 0 Å². The molecule has 0 unspecified atom stereocenters. The minimum Gasteiger partial charge on any atom is -0.396 e. The molecular weight excluding hydrogens is 160 g/mol. The molecule has 2 rings (SSSR count). The van der Waals surface area contributed by atoms with E-state index in [1.54, 1.807) is 0 Å². The van der Waals surface area contributed by atoms with Gasteiger partial charge in [0.25, 0.3) is 0 Å². The van der Waals surface area contributed by atoms with Gasteiger partial charge >= 0.3 is 0 Å². The molecule has 0 aliphatic heterocycles. The Bertz CT molecular complexity index is 319. The lowest BCUT2D eigenvalue weighted by Gasteiger charge is -2.13. The van der Waals surface area contributed by atoms with Crippen LogP contribution in [0.1, 0.15) is 24.5 Å². The Labute approximate surface area is 79.4 Å². The van der Waals surface area contributed by atoms with E-state index < -0.39 is 0 Å². The van der Waals surface area contributed by atoms with Crippen molar-refractivity contribution in [2.75, 3.05) is 6.61 Å². The molecule has 0 saturated heterocycles. The van der Waals surface area contributed by atoms with Crippen LogP contribution in [-0.2, 0) is 5.41 Å². The number of rotatable bonds is 2. The first-order valence-electron chi connectivity index (χ1n) is 4.85. The molecule has 13 heavy (non-hydrogen) atoms. The molecule has 1 saturated carbocycles. The van der Waals surface area contributed by atoms with E-state index in [0.717, 1.165) is 6.42 Å². The van der Waals surface area contributed by atoms with Gasteiger partial charge in [0, 0.05) is 6.61 Å². The van der Waals surface area contributed by atoms with Gasteiger partial charge in [0.2, 0.25) is 0 Å². The molecule has 1 heteroatoms. The highest BCUT2D eigenvalue weighted by atomic mass is 16.3. The highest BCUT2D eigenvalue weighted by Crippen LogP contribution is 2.54. The van der Waals surface area contributed by atoms with E-state index >= 15 is 0 Å². The van der Waals surface area contributed by atoms with Crippen molar-refractivity contribution in [3.63, 3.8) is 0 Å². The molecule has 1 aromatic rings. The van der Waals surface area contributed by atoms with Crippen molar-refractivity contribution in [3.8, 4) is 0 Å². The van der Waals surface area contributed by atoms with Crippen LogP contribution in [0.15, 0.2) is 24.3 Å². The molecule has 1 aliphatic rings. The van der Waals surface area contributed by atoms with Crippen LogP contribution in [0.5, 0.6) is 0 Å². The Kier molecular flexibility index (Phi) is 1.92. The second kappa shape index (κ2) is 2.85. The fraction of sp³-hybridized carbons (Fsp3) is 0.500. The topological polar surface area (TPSA) is 20.2 Å². The quantitative estimate of drug-likeness (QED) is 0.733. The minimum atomic E-state index is 0.250. The lowest BCUT2D eigenvalue weighted by atomic mass is 9.92. The van der Waals surface area contributed by atoms with Crippen LogP contribution >= 0.6 is 0 Å². The Morgan fingerprint density at radius 1 is 1.46 bits per heavy atom. The second-order valence-electron chi connectivity index (χ2n) is 4.32. The van der Waals surface area contributed by atoms with Gasteiger partial charge in [-0.05, 0) is 35.8 Å². The zero-order valence-corrected chi connectivity index (χ0v) is 8.25. The average molecular weight is 176 g/mol. The van der Waals surface area contributed by atoms with Crippen molar-refractivity contribution in [1.82, 2.24) is 0 Å². The fourth-order valence-electron chi connectivity index (χ4n) is 2.26. The number of hydrogen-bond donors (Lipinski definition) is 1. The van der Waals surface area contributed by atoms with Crippen LogP contribution in [0.2, 0.25) is 0 Å². The lowest BCUT2D eigenvalue weighted by molar-refractivity contribution is 0.265. The maximum atomic E-state index is 9.09. The Hall–Kier alpha value is -0.820. The number of aliphatic hydroxyl groups is 1. The van der Waals surface area contributed by atoms with E-state index in [1.807, 2.05) is 0 Å². The molecule has 0 heterocycles. The van der Waals surface area contributed by atoms with Gasteiger partial charge in [-0.1, -0.05) is 31.2 Å². The lowest BCUT2D eigenvalue weighted by Crippen LogP contribution is -2.08. The summed E-state index contributed by atoms with van der Waals surface area (Å²) in [7, 11) is 0. The fourth-order valence-corrected chi connectivity index (χ4v) is 2.26. The van der Waals surface area contributed by atoms with Gasteiger partial charge in [-0.3, -0.25) is 0 Å². The molecule has 1 aliphatic carbocycles. The predicted octanol–water partition coefficient (Wildman–Crippen LogP) is 2.26. The van der Waals surface area contributed by atoms with E-state index in [-0.39, 0.29) is 5.41 Å². The van der Waals surface area contributed by atoms with Crippen LogP contribution in [0.3, 0.4) is 0 Å². The summed E-state index contributed by atoms with van der Waals surface area (Å²) in [5, 5.41) is 9.09. The van der Waals surface area contributed by atoms with Crippen LogP contribution in [-0.4, -0.2) is 11.7 Å². The number of benzene rings is 1. The summed E-state index contributed by atoms with van der Waals surface area (Å²) in [5.74, 6) is 0.480. The van der Waals surface area contributed by atoms with Gasteiger partial charge in [0.05, 0.1) is 0 Å². The molecule has 0 amide bonds. The van der Waals surface area contributed by atoms with E-state index in [0.29, 0.717) is 12.5 Å². The van der Waals surface area contributed by atoms with Crippen LogP contribution in [0, 0.1) is 12.8 Å². The van der Waals surface area contributed by atoms with E-state index in [4.69, 9.17) is 5.11 Å². The first-order chi connectivity index (χ1) is 6.18. The first kappa shape index (κ1) is 8.76. The van der Waals surface area contributed by atoms with Gasteiger partial charge < -0.3 is 5.11 Å². The van der Waals surface area contributed by atoms with Crippen molar-refractivity contribution in [2.45, 2.75) is 25.7 Å². The number of aliphatic hydroxyl groups excluding tert-OH is 1. The van der Waals surface area contributed by atoms with Gasteiger partial charge in [-0.2, -0.15) is 0 Å². The summed E-state index contributed by atoms with van der Waals surface area (Å²) >= 11 is 0. The van der Waals surface area contributed by atoms with Crippen LogP contribution in [0.4, 0.5) is 0 Å². The minimum absolute atomic E-state index is 0.250. The molecule has 1 fully saturated rings. The SMILES string of the molecule is Cc1ccccc1[C@]1(C)C[C@@H]1CO. The van der Waals surface area contributed by atoms with Crippen molar-refractivity contribution >= 4 is 0 Å². The molecule has 0 spiro atoms. The van der Waals surface area contributed by atoms with Crippen LogP contribution in [0.25, 0.3) is 0 Å². The Morgan fingerprint density at radius 2 is 2.15 bits per heavy atom. The molecule has 0 bridgehead atoms. The summed E-state index contributed by atoms with van der Waals surface area (Å²) in [5.41, 5.74) is 3.01. The van der Waals surface area contributed by atoms with Crippen LogP contribution < -0.4 is 0 Å². The average Bonchev–Trinajstić information content (AvgIpc) is 2.79. The van der Waals surface area contributed by atoms with Crippen molar-refractivity contribution < 1.29 is 5.11 Å². The maximum Gasteiger partial charge on any atom is 0.0468 e. The molecular formula is C12H16O. The third kappa shape index (κ3) is 1.28. The third-order valence-electron chi connectivity index (χ3n) is 3.39. The standard InChI is InChI=1S/C12H16O/c1-9-5-3-4-6-11(9)12(2)7-10(12)8-13/h3-6,10,13H,7-8H2,1-2H3/t10-,12-/m1/s1. The maximum absolute atomic E-state index is 9.09. The highest BCUT2D eigenvalue weighted by molar-refractivity contribution is 5.38. The Balaban J connectivity index is 2.32. The molecule has 2 atom stereocenters. The van der Waals surface area contributed by atoms with E-state index in [2.05, 4.69) is 38.1 Å². The zero-order valence-electron chi connectivity index (χ0n) is 8.25. The third-order valence-corrected chi connectivity index (χ3v) is 3.39. The molecule has 0 aromatic heterocycles. The molecule has 0 radical (unpaired) electrons. The van der Waals surface area contributed by atoms with E-state index in [1.165, 1.54) is 11.1 Å². The predicted molar refractivity (Wildman–Crippen MR) is 53.7 cm³/mol. The summed E-state index contributed by atoms with van der Waals surface area (Å²) in [6.07, 6.45) is 1.13. The number of hydrogen-bond acceptors (Lipinski definition) is 1. The van der Waals surface area contributed by atoms with Gasteiger partial charge in [-0.15, -0.1) is 0 Å². The van der Waals surface area contributed by atoms with Gasteiger partial charge in [-0.25, -0.2) is 0 Å². The van der Waals surface area contributed by atoms with Crippen molar-refractivity contribution in [3.05, 3.63) is 35.4 Å². The first-order valence-corrected chi connectivity index (χ1v) is 4.85. The monoisotopic (exact) mass is 176 g/mol. The highest BCUT2D eigenvalue weighted by Gasteiger charge is 2.50. The Morgan fingerprint density at radius 3 is 2.69 bits per heavy atom. The number of aryl methyl sites for hydroxylation is 1. The summed E-state index contributed by atoms with van der Waals surface area (Å²) in [6, 6.07) is 8.48. The molecule has 1 aromatic carbocycles. The normalized spacial score (nSPS) is 31.8. The smallest absolute Gasteiger partial charge is 0.0468 e. The second-order valence-corrected chi connectivity index (χ2v) is 4.32. The summed E-state index contributed by atoms with van der Waals surface area (Å²) < 4.78 is 0. The largest absolute Gasteiger partial charge is 0.396 e. The van der Waals surface area contributed by atoms with Crippen molar-refractivity contribution in [2.24, 2.45) is 5.92 Å². The molecule has 1 N–H and O–H groups in total. The van der Waals surface area contributed by atoms with Gasteiger partial charge in [0.15, 0.2) is 0 Å².